The highest BCUT2D eigenvalue weighted by Crippen LogP contribution is 2.48. The van der Waals surface area contributed by atoms with Crippen LogP contribution in [0, 0.1) is 5.92 Å². The highest BCUT2D eigenvalue weighted by molar-refractivity contribution is 8.17. The van der Waals surface area contributed by atoms with Gasteiger partial charge in [-0.15, -0.1) is 4.90 Å². The van der Waals surface area contributed by atoms with Crippen LogP contribution in [0.2, 0.25) is 5.02 Å². The summed E-state index contributed by atoms with van der Waals surface area (Å²) in [5.41, 5.74) is 3.98. The van der Waals surface area contributed by atoms with E-state index >= 15 is 0 Å². The maximum Gasteiger partial charge on any atom is 0.506 e. The van der Waals surface area contributed by atoms with Gasteiger partial charge in [-0.25, -0.2) is 4.79 Å². The molecular weight excluding hydrogens is 428 g/mol. The fraction of sp³-hybridized carbons (Fsp3) is 0.320. The van der Waals surface area contributed by atoms with Crippen LogP contribution in [-0.4, -0.2) is 21.6 Å². The van der Waals surface area contributed by atoms with Crippen molar-refractivity contribution in [3.63, 3.8) is 0 Å². The van der Waals surface area contributed by atoms with Gasteiger partial charge in [0.2, 0.25) is 0 Å². The average Bonchev–Trinajstić information content (AvgIpc) is 3.17. The van der Waals surface area contributed by atoms with Gasteiger partial charge in [-0.2, -0.15) is 9.37 Å². The lowest BCUT2D eigenvalue weighted by Crippen LogP contribution is -2.53. The Balaban J connectivity index is 1.61. The van der Waals surface area contributed by atoms with Crippen LogP contribution in [-0.2, 0) is 17.8 Å². The first-order chi connectivity index (χ1) is 15.1. The summed E-state index contributed by atoms with van der Waals surface area (Å²) in [6.45, 7) is 2.49. The second-order valence-electron chi connectivity index (χ2n) is 8.22. The van der Waals surface area contributed by atoms with Crippen LogP contribution in [0.4, 0.5) is 10.5 Å². The molecule has 0 spiro atoms. The standard InChI is InChI=1S/C25H24ClN2O2S/c1-2-16-10-12-19(13-11-16)28-23(29)22-20-8-3-4-9-21(20)31-24(22)27(25(28)30)15-17-6-5-7-18(26)14-17/h5-7,10-14,22H,2-4,8-9,15H2,1H3/q+1. The zero-order valence-corrected chi connectivity index (χ0v) is 19.0. The molecule has 0 aromatic heterocycles. The average molecular weight is 452 g/mol. The number of hydrogen-bond donors (Lipinski definition) is 0. The second-order valence-corrected chi connectivity index (χ2v) is 9.77. The normalized spacial score (nSPS) is 21.0. The summed E-state index contributed by atoms with van der Waals surface area (Å²) in [5.74, 6) is -0.464. The summed E-state index contributed by atoms with van der Waals surface area (Å²) in [7, 11) is 0. The van der Waals surface area contributed by atoms with Gasteiger partial charge in [0.25, 0.3) is 0 Å². The largest absolute Gasteiger partial charge is 0.506 e. The Labute approximate surface area is 191 Å². The van der Waals surface area contributed by atoms with Crippen molar-refractivity contribution in [2.24, 2.45) is 5.92 Å². The van der Waals surface area contributed by atoms with Gasteiger partial charge in [0.1, 0.15) is 12.2 Å². The molecule has 4 nitrogen and oxygen atoms in total. The lowest BCUT2D eigenvalue weighted by atomic mass is 9.88. The lowest BCUT2D eigenvalue weighted by Gasteiger charge is -2.26. The van der Waals surface area contributed by atoms with Crippen LogP contribution in [0.15, 0.2) is 59.0 Å². The third kappa shape index (κ3) is 3.64. The minimum atomic E-state index is -0.344. The number of nitrogens with zero attached hydrogens (tertiary/aromatic N) is 2. The molecule has 158 valence electrons. The molecule has 3 amide bonds. The number of allylic oxidation sites excluding steroid dienone is 1. The van der Waals surface area contributed by atoms with Gasteiger partial charge in [0.15, 0.2) is 11.0 Å². The number of rotatable bonds is 4. The van der Waals surface area contributed by atoms with Crippen molar-refractivity contribution in [1.82, 2.24) is 0 Å². The number of thioether (sulfide) groups is 1. The van der Waals surface area contributed by atoms with Crippen LogP contribution >= 0.6 is 23.4 Å². The molecule has 0 fully saturated rings. The predicted octanol–water partition coefficient (Wildman–Crippen LogP) is 6.17. The number of imide groups is 1. The Kier molecular flexibility index (Phi) is 5.49. The molecule has 0 radical (unpaired) electrons. The molecule has 2 aromatic carbocycles. The van der Waals surface area contributed by atoms with Crippen molar-refractivity contribution < 1.29 is 14.2 Å². The van der Waals surface area contributed by atoms with Crippen molar-refractivity contribution >= 4 is 46.0 Å². The summed E-state index contributed by atoms with van der Waals surface area (Å²) < 4.78 is 1.79. The number of aryl methyl sites for hydroxylation is 1. The fourth-order valence-electron chi connectivity index (χ4n) is 4.64. The number of fused-ring (bicyclic) bond motifs is 2. The predicted molar refractivity (Wildman–Crippen MR) is 126 cm³/mol. The van der Waals surface area contributed by atoms with Crippen molar-refractivity contribution in [2.45, 2.75) is 45.6 Å². The third-order valence-electron chi connectivity index (χ3n) is 6.27. The number of benzene rings is 2. The molecule has 5 rings (SSSR count). The number of carbonyl (C=O) groups is 2. The number of carbonyl (C=O) groups excluding carboxylic acids is 2. The molecule has 1 aliphatic carbocycles. The van der Waals surface area contributed by atoms with E-state index in [1.165, 1.54) is 20.9 Å². The lowest BCUT2D eigenvalue weighted by molar-refractivity contribution is -0.443. The van der Waals surface area contributed by atoms with E-state index in [1.807, 2.05) is 48.5 Å². The summed E-state index contributed by atoms with van der Waals surface area (Å²) >= 11 is 7.84. The van der Waals surface area contributed by atoms with Crippen molar-refractivity contribution in [3.05, 3.63) is 75.2 Å². The molecule has 0 N–H and O–H groups in total. The van der Waals surface area contributed by atoms with E-state index in [4.69, 9.17) is 11.6 Å². The fourth-order valence-corrected chi connectivity index (χ4v) is 6.32. The Morgan fingerprint density at radius 1 is 1.06 bits per heavy atom. The Bertz CT molecular complexity index is 1140. The Morgan fingerprint density at radius 2 is 1.84 bits per heavy atom. The number of urea groups is 1. The molecule has 2 aliphatic heterocycles. The zero-order valence-electron chi connectivity index (χ0n) is 17.4. The van der Waals surface area contributed by atoms with Crippen molar-refractivity contribution in [3.8, 4) is 0 Å². The van der Waals surface area contributed by atoms with Crippen LogP contribution in [0.1, 0.15) is 43.7 Å². The molecule has 2 aromatic rings. The zero-order chi connectivity index (χ0) is 21.5. The molecule has 1 unspecified atom stereocenters. The number of hydrogen-bond acceptors (Lipinski definition) is 3. The van der Waals surface area contributed by atoms with Crippen LogP contribution in [0.5, 0.6) is 0 Å². The highest BCUT2D eigenvalue weighted by atomic mass is 35.5. The Hall–Kier alpha value is -2.37. The monoisotopic (exact) mass is 451 g/mol. The minimum Gasteiger partial charge on any atom is -0.245 e. The van der Waals surface area contributed by atoms with Crippen molar-refractivity contribution in [2.75, 3.05) is 4.90 Å². The molecule has 0 saturated carbocycles. The molecule has 2 heterocycles. The first-order valence-electron chi connectivity index (χ1n) is 10.8. The number of anilines is 1. The van der Waals surface area contributed by atoms with Crippen molar-refractivity contribution in [1.29, 1.82) is 0 Å². The number of halogens is 1. The quantitative estimate of drug-likeness (QED) is 0.522. The summed E-state index contributed by atoms with van der Waals surface area (Å²) in [6.07, 6.45) is 5.09. The molecule has 3 aliphatic rings. The van der Waals surface area contributed by atoms with Gasteiger partial charge in [-0.3, -0.25) is 0 Å². The SMILES string of the molecule is CCc1ccc(N2C(=O)C3C4=C(CCCC4)SC3=[N+](Cc3cccc(Cl)c3)C2=O)cc1. The van der Waals surface area contributed by atoms with Gasteiger partial charge in [-0.1, -0.05) is 54.6 Å². The summed E-state index contributed by atoms with van der Waals surface area (Å²) in [6, 6.07) is 15.0. The van der Waals surface area contributed by atoms with E-state index in [0.717, 1.165) is 42.7 Å². The van der Waals surface area contributed by atoms with Gasteiger partial charge in [-0.05, 0) is 78.0 Å². The minimum absolute atomic E-state index is 0.119. The number of amides is 3. The maximum atomic E-state index is 13.7. The van der Waals surface area contributed by atoms with E-state index in [0.29, 0.717) is 17.3 Å². The Morgan fingerprint density at radius 3 is 2.58 bits per heavy atom. The van der Waals surface area contributed by atoms with Gasteiger partial charge >= 0.3 is 11.9 Å². The van der Waals surface area contributed by atoms with E-state index < -0.39 is 0 Å². The van der Waals surface area contributed by atoms with Gasteiger partial charge < -0.3 is 0 Å². The molecular formula is C25H24ClN2O2S+. The van der Waals surface area contributed by atoms with E-state index in [-0.39, 0.29) is 17.9 Å². The molecule has 1 atom stereocenters. The van der Waals surface area contributed by atoms with E-state index in [9.17, 15) is 9.59 Å². The first kappa shape index (κ1) is 20.5. The second kappa shape index (κ2) is 8.29. The van der Waals surface area contributed by atoms with Gasteiger partial charge in [0, 0.05) is 5.02 Å². The van der Waals surface area contributed by atoms with Crippen LogP contribution < -0.4 is 4.90 Å². The molecule has 6 heteroatoms. The summed E-state index contributed by atoms with van der Waals surface area (Å²) in [5, 5.41) is 1.51. The van der Waals surface area contributed by atoms with E-state index in [1.54, 1.807) is 16.3 Å². The van der Waals surface area contributed by atoms with Gasteiger partial charge in [0.05, 0.1) is 0 Å². The molecule has 0 bridgehead atoms. The maximum absolute atomic E-state index is 13.7. The smallest absolute Gasteiger partial charge is 0.245 e. The van der Waals surface area contributed by atoms with Crippen LogP contribution in [0.25, 0.3) is 0 Å². The third-order valence-corrected chi connectivity index (χ3v) is 7.88. The topological polar surface area (TPSA) is 40.4 Å². The van der Waals surface area contributed by atoms with E-state index in [2.05, 4.69) is 6.92 Å². The van der Waals surface area contributed by atoms with Crippen LogP contribution in [0.3, 0.4) is 0 Å². The first-order valence-corrected chi connectivity index (χ1v) is 12.0. The molecule has 0 saturated heterocycles. The summed E-state index contributed by atoms with van der Waals surface area (Å²) in [4.78, 5) is 30.0. The highest BCUT2D eigenvalue weighted by Gasteiger charge is 2.54. The molecule has 31 heavy (non-hydrogen) atoms.